The van der Waals surface area contributed by atoms with E-state index in [1.165, 1.54) is 6.42 Å². The first-order chi connectivity index (χ1) is 7.66. The van der Waals surface area contributed by atoms with Crippen LogP contribution in [0.4, 0.5) is 0 Å². The number of carbonyl (C=O) groups is 1. The van der Waals surface area contributed by atoms with Gasteiger partial charge in [0.15, 0.2) is 0 Å². The fraction of sp³-hybridized carbons (Fsp3) is 0.857. The molecule has 2 fully saturated rings. The number of carbonyl (C=O) groups excluding carboxylic acids is 1. The van der Waals surface area contributed by atoms with E-state index in [0.29, 0.717) is 11.8 Å². The Balaban J connectivity index is 1.82. The highest BCUT2D eigenvalue weighted by atomic mass is 16.5. The van der Waals surface area contributed by atoms with Crippen molar-refractivity contribution in [2.45, 2.75) is 58.5 Å². The van der Waals surface area contributed by atoms with E-state index in [0.717, 1.165) is 32.1 Å². The maximum atomic E-state index is 12.0. The summed E-state index contributed by atoms with van der Waals surface area (Å²) < 4.78 is 5.68. The van der Waals surface area contributed by atoms with Gasteiger partial charge in [0.1, 0.15) is 6.10 Å². The monoisotopic (exact) mass is 223 g/mol. The van der Waals surface area contributed by atoms with Crippen molar-refractivity contribution in [3.63, 3.8) is 0 Å². The summed E-state index contributed by atoms with van der Waals surface area (Å²) in [6, 6.07) is 0. The topological polar surface area (TPSA) is 26.3 Å². The van der Waals surface area contributed by atoms with Crippen LogP contribution >= 0.6 is 0 Å². The Labute approximate surface area is 98.7 Å². The summed E-state index contributed by atoms with van der Waals surface area (Å²) in [4.78, 5) is 12.0. The van der Waals surface area contributed by atoms with Crippen molar-refractivity contribution in [3.8, 4) is 0 Å². The molecule has 2 nitrogen and oxygen atoms in total. The lowest BCUT2D eigenvalue weighted by Gasteiger charge is -2.23. The summed E-state index contributed by atoms with van der Waals surface area (Å²) >= 11 is 0. The van der Waals surface area contributed by atoms with Crippen molar-refractivity contribution >= 4 is 5.97 Å². The third-order valence-electron chi connectivity index (χ3n) is 4.08. The minimum absolute atomic E-state index is 0.0686. The van der Waals surface area contributed by atoms with Gasteiger partial charge in [-0.3, -0.25) is 4.79 Å². The highest BCUT2D eigenvalue weighted by Crippen LogP contribution is 2.34. The number of rotatable bonds is 2. The molecule has 2 aliphatic carbocycles. The molecule has 3 atom stereocenters. The van der Waals surface area contributed by atoms with Gasteiger partial charge >= 0.3 is 5.97 Å². The van der Waals surface area contributed by atoms with Crippen molar-refractivity contribution in [1.82, 2.24) is 0 Å². The van der Waals surface area contributed by atoms with Crippen LogP contribution in [0.1, 0.15) is 52.4 Å². The van der Waals surface area contributed by atoms with Gasteiger partial charge < -0.3 is 4.74 Å². The highest BCUT2D eigenvalue weighted by Gasteiger charge is 2.33. The molecule has 0 aliphatic heterocycles. The van der Waals surface area contributed by atoms with Crippen molar-refractivity contribution in [2.24, 2.45) is 17.8 Å². The zero-order valence-corrected chi connectivity index (χ0v) is 10.4. The maximum Gasteiger partial charge on any atom is 0.309 e. The first-order valence-corrected chi connectivity index (χ1v) is 6.69. The minimum atomic E-state index is 0.0686. The third-order valence-corrected chi connectivity index (χ3v) is 4.08. The lowest BCUT2D eigenvalue weighted by Crippen LogP contribution is -2.27. The molecule has 3 unspecified atom stereocenters. The summed E-state index contributed by atoms with van der Waals surface area (Å²) in [5, 5.41) is 0. The summed E-state index contributed by atoms with van der Waals surface area (Å²) in [5.41, 5.74) is 0. The van der Waals surface area contributed by atoms with Gasteiger partial charge in [0.25, 0.3) is 0 Å². The molecule has 0 spiro atoms. The van der Waals surface area contributed by atoms with Crippen LogP contribution in [0, 0.1) is 24.2 Å². The fourth-order valence-electron chi connectivity index (χ4n) is 3.08. The van der Waals surface area contributed by atoms with Gasteiger partial charge in [-0.2, -0.15) is 0 Å². The first-order valence-electron chi connectivity index (χ1n) is 6.69. The van der Waals surface area contributed by atoms with Crippen LogP contribution in [-0.2, 0) is 9.53 Å². The molecule has 0 aromatic carbocycles. The predicted molar refractivity (Wildman–Crippen MR) is 63.7 cm³/mol. The Kier molecular flexibility index (Phi) is 3.88. The Bertz CT molecular complexity index is 243. The highest BCUT2D eigenvalue weighted by molar-refractivity contribution is 5.72. The number of hydrogen-bond acceptors (Lipinski definition) is 2. The Morgan fingerprint density at radius 3 is 2.44 bits per heavy atom. The molecule has 0 saturated heterocycles. The van der Waals surface area contributed by atoms with Crippen LogP contribution in [0.25, 0.3) is 0 Å². The van der Waals surface area contributed by atoms with E-state index < -0.39 is 0 Å². The molecule has 1 radical (unpaired) electrons. The second-order valence-electron chi connectivity index (χ2n) is 5.67. The molecule has 2 aliphatic rings. The van der Waals surface area contributed by atoms with E-state index in [4.69, 9.17) is 4.74 Å². The van der Waals surface area contributed by atoms with E-state index in [1.54, 1.807) is 0 Å². The molecule has 0 heterocycles. The average molecular weight is 223 g/mol. The van der Waals surface area contributed by atoms with Gasteiger partial charge in [0.05, 0.1) is 5.92 Å². The largest absolute Gasteiger partial charge is 0.462 e. The minimum Gasteiger partial charge on any atom is -0.462 e. The predicted octanol–water partition coefficient (Wildman–Crippen LogP) is 3.36. The second-order valence-corrected chi connectivity index (χ2v) is 5.67. The molecular formula is C14H23O2. The van der Waals surface area contributed by atoms with E-state index in [2.05, 4.69) is 20.3 Å². The standard InChI is InChI=1S/C14H23O2/c1-10-8-11(2)13(9-10)16-14(15)12-6-4-3-5-7-12/h3,10-13H,4-9H2,1-2H3. The van der Waals surface area contributed by atoms with E-state index in [1.807, 2.05) is 0 Å². The first kappa shape index (κ1) is 11.9. The summed E-state index contributed by atoms with van der Waals surface area (Å²) in [7, 11) is 0. The van der Waals surface area contributed by atoms with Gasteiger partial charge in [-0.1, -0.05) is 13.8 Å². The molecule has 0 aromatic rings. The molecule has 0 amide bonds. The molecule has 0 bridgehead atoms. The Morgan fingerprint density at radius 1 is 1.19 bits per heavy atom. The molecule has 0 N–H and O–H groups in total. The van der Waals surface area contributed by atoms with E-state index in [-0.39, 0.29) is 18.0 Å². The quantitative estimate of drug-likeness (QED) is 0.671. The molecule has 0 aromatic heterocycles. The van der Waals surface area contributed by atoms with Gasteiger partial charge in [-0.25, -0.2) is 0 Å². The van der Waals surface area contributed by atoms with Crippen LogP contribution < -0.4 is 0 Å². The van der Waals surface area contributed by atoms with E-state index in [9.17, 15) is 4.79 Å². The second kappa shape index (κ2) is 5.20. The van der Waals surface area contributed by atoms with Gasteiger partial charge in [0, 0.05) is 0 Å². The molecule has 2 saturated carbocycles. The maximum absolute atomic E-state index is 12.0. The van der Waals surface area contributed by atoms with Crippen LogP contribution in [-0.4, -0.2) is 12.1 Å². The van der Waals surface area contributed by atoms with Crippen LogP contribution in [0.5, 0.6) is 0 Å². The van der Waals surface area contributed by atoms with E-state index >= 15 is 0 Å². The van der Waals surface area contributed by atoms with Crippen LogP contribution in [0.2, 0.25) is 0 Å². The summed E-state index contributed by atoms with van der Waals surface area (Å²) in [5.74, 6) is 1.51. The van der Waals surface area contributed by atoms with Crippen molar-refractivity contribution in [2.75, 3.05) is 0 Å². The van der Waals surface area contributed by atoms with Gasteiger partial charge in [-0.15, -0.1) is 0 Å². The smallest absolute Gasteiger partial charge is 0.309 e. The van der Waals surface area contributed by atoms with Crippen molar-refractivity contribution in [3.05, 3.63) is 6.42 Å². The Morgan fingerprint density at radius 2 is 1.88 bits per heavy atom. The Hall–Kier alpha value is -0.530. The van der Waals surface area contributed by atoms with Gasteiger partial charge in [0.2, 0.25) is 0 Å². The fourth-order valence-corrected chi connectivity index (χ4v) is 3.08. The summed E-state index contributed by atoms with van der Waals surface area (Å²) in [6.45, 7) is 4.45. The number of hydrogen-bond donors (Lipinski definition) is 0. The lowest BCUT2D eigenvalue weighted by molar-refractivity contribution is -0.156. The van der Waals surface area contributed by atoms with Crippen molar-refractivity contribution < 1.29 is 9.53 Å². The lowest BCUT2D eigenvalue weighted by atomic mass is 9.89. The zero-order chi connectivity index (χ0) is 11.5. The molecule has 2 rings (SSSR count). The van der Waals surface area contributed by atoms with Gasteiger partial charge in [-0.05, 0) is 56.8 Å². The molecule has 2 heteroatoms. The van der Waals surface area contributed by atoms with Crippen LogP contribution in [0.15, 0.2) is 0 Å². The zero-order valence-electron chi connectivity index (χ0n) is 10.4. The normalized spacial score (nSPS) is 36.2. The average Bonchev–Trinajstić information content (AvgIpc) is 2.59. The summed E-state index contributed by atoms with van der Waals surface area (Å²) in [6.07, 6.45) is 8.89. The number of esters is 1. The van der Waals surface area contributed by atoms with Crippen molar-refractivity contribution in [1.29, 1.82) is 0 Å². The molecular weight excluding hydrogens is 200 g/mol. The van der Waals surface area contributed by atoms with Crippen LogP contribution in [0.3, 0.4) is 0 Å². The SMILES string of the molecule is CC1CC(C)C(OC(=O)C2CC[CH]CC2)C1. The number of ether oxygens (including phenoxy) is 1. The molecule has 91 valence electrons. The third kappa shape index (κ3) is 2.78. The molecule has 16 heavy (non-hydrogen) atoms.